The fourth-order valence-electron chi connectivity index (χ4n) is 1.64. The first kappa shape index (κ1) is 14.3. The second kappa shape index (κ2) is 6.91. The van der Waals surface area contributed by atoms with Crippen LogP contribution in [0.2, 0.25) is 0 Å². The maximum absolute atomic E-state index is 11.7. The van der Waals surface area contributed by atoms with Crippen LogP contribution in [0, 0.1) is 0 Å². The maximum Gasteiger partial charge on any atom is 0.258 e. The first-order chi connectivity index (χ1) is 9.69. The van der Waals surface area contributed by atoms with Crippen molar-refractivity contribution in [2.24, 2.45) is 0 Å². The zero-order chi connectivity index (χ0) is 14.4. The van der Waals surface area contributed by atoms with Crippen LogP contribution in [0.1, 0.15) is 23.2 Å². The van der Waals surface area contributed by atoms with Gasteiger partial charge in [-0.25, -0.2) is 0 Å². The van der Waals surface area contributed by atoms with Crippen LogP contribution < -0.4 is 15.4 Å². The van der Waals surface area contributed by atoms with Gasteiger partial charge in [-0.15, -0.1) is 0 Å². The van der Waals surface area contributed by atoms with Gasteiger partial charge < -0.3 is 20.5 Å². The fourth-order valence-corrected chi connectivity index (χ4v) is 1.64. The lowest BCUT2D eigenvalue weighted by Crippen LogP contribution is -2.30. The van der Waals surface area contributed by atoms with Crippen LogP contribution >= 0.6 is 0 Å². The van der Waals surface area contributed by atoms with E-state index in [1.807, 2.05) is 0 Å². The molecule has 0 atom stereocenters. The van der Waals surface area contributed by atoms with Crippen LogP contribution in [0.4, 0.5) is 0 Å². The SMILES string of the molecule is O=C(COc1cccc(C(=O)NCCO)c1)NC1CC1. The van der Waals surface area contributed by atoms with E-state index in [9.17, 15) is 9.59 Å². The van der Waals surface area contributed by atoms with Crippen molar-refractivity contribution < 1.29 is 19.4 Å². The van der Waals surface area contributed by atoms with Crippen LogP contribution in [0.5, 0.6) is 5.75 Å². The molecule has 108 valence electrons. The van der Waals surface area contributed by atoms with E-state index in [2.05, 4.69) is 10.6 Å². The summed E-state index contributed by atoms with van der Waals surface area (Å²) in [5.74, 6) is 0.0298. The predicted molar refractivity (Wildman–Crippen MR) is 72.5 cm³/mol. The molecule has 0 heterocycles. The largest absolute Gasteiger partial charge is 0.484 e. The number of aliphatic hydroxyl groups is 1. The van der Waals surface area contributed by atoms with E-state index in [-0.39, 0.29) is 31.6 Å². The minimum absolute atomic E-state index is 0.0573. The molecule has 6 nitrogen and oxygen atoms in total. The lowest BCUT2D eigenvalue weighted by molar-refractivity contribution is -0.123. The summed E-state index contributed by atoms with van der Waals surface area (Å²) in [6.45, 7) is 0.0369. The van der Waals surface area contributed by atoms with Crippen molar-refractivity contribution in [2.45, 2.75) is 18.9 Å². The second-order valence-electron chi connectivity index (χ2n) is 4.64. The van der Waals surface area contributed by atoms with Gasteiger partial charge in [0.05, 0.1) is 6.61 Å². The highest BCUT2D eigenvalue weighted by Crippen LogP contribution is 2.18. The summed E-state index contributed by atoms with van der Waals surface area (Å²) in [6.07, 6.45) is 2.07. The summed E-state index contributed by atoms with van der Waals surface area (Å²) >= 11 is 0. The van der Waals surface area contributed by atoms with Crippen molar-refractivity contribution in [3.63, 3.8) is 0 Å². The van der Waals surface area contributed by atoms with Gasteiger partial charge in [-0.3, -0.25) is 9.59 Å². The number of aliphatic hydroxyl groups excluding tert-OH is 1. The average Bonchev–Trinajstić information content (AvgIpc) is 3.27. The summed E-state index contributed by atoms with van der Waals surface area (Å²) in [6, 6.07) is 6.89. The molecule has 1 aromatic rings. The number of benzene rings is 1. The maximum atomic E-state index is 11.7. The molecule has 3 N–H and O–H groups in total. The van der Waals surface area contributed by atoms with E-state index in [1.165, 1.54) is 0 Å². The zero-order valence-electron chi connectivity index (χ0n) is 11.1. The molecule has 0 spiro atoms. The monoisotopic (exact) mass is 278 g/mol. The minimum Gasteiger partial charge on any atom is -0.484 e. The Morgan fingerprint density at radius 3 is 2.85 bits per heavy atom. The first-order valence-electron chi connectivity index (χ1n) is 6.60. The number of hydrogen-bond donors (Lipinski definition) is 3. The highest BCUT2D eigenvalue weighted by molar-refractivity contribution is 5.94. The van der Waals surface area contributed by atoms with Crippen molar-refractivity contribution in [3.05, 3.63) is 29.8 Å². The normalized spacial score (nSPS) is 13.7. The Kier molecular flexibility index (Phi) is 4.95. The van der Waals surface area contributed by atoms with Gasteiger partial charge in [0.15, 0.2) is 6.61 Å². The summed E-state index contributed by atoms with van der Waals surface area (Å²) in [5, 5.41) is 14.0. The van der Waals surface area contributed by atoms with Crippen LogP contribution in [0.3, 0.4) is 0 Å². The summed E-state index contributed by atoms with van der Waals surface area (Å²) in [4.78, 5) is 23.2. The molecule has 0 aromatic heterocycles. The number of rotatable bonds is 7. The van der Waals surface area contributed by atoms with Gasteiger partial charge >= 0.3 is 0 Å². The first-order valence-corrected chi connectivity index (χ1v) is 6.60. The van der Waals surface area contributed by atoms with Crippen molar-refractivity contribution in [1.82, 2.24) is 10.6 Å². The molecule has 1 aliphatic rings. The second-order valence-corrected chi connectivity index (χ2v) is 4.64. The minimum atomic E-state index is -0.285. The highest BCUT2D eigenvalue weighted by Gasteiger charge is 2.23. The molecule has 1 aliphatic carbocycles. The lowest BCUT2D eigenvalue weighted by atomic mass is 10.2. The van der Waals surface area contributed by atoms with E-state index >= 15 is 0 Å². The number of amides is 2. The molecular formula is C14H18N2O4. The molecule has 0 unspecified atom stereocenters. The molecule has 1 fully saturated rings. The summed E-state index contributed by atoms with van der Waals surface area (Å²) in [7, 11) is 0. The fraction of sp³-hybridized carbons (Fsp3) is 0.429. The van der Waals surface area contributed by atoms with Crippen LogP contribution in [0.25, 0.3) is 0 Å². The van der Waals surface area contributed by atoms with Gasteiger partial charge in [-0.1, -0.05) is 6.07 Å². The number of hydrogen-bond acceptors (Lipinski definition) is 4. The Labute approximate surface area is 117 Å². The predicted octanol–water partition coefficient (Wildman–Crippen LogP) is 0.0661. The average molecular weight is 278 g/mol. The molecular weight excluding hydrogens is 260 g/mol. The van der Waals surface area contributed by atoms with E-state index in [0.717, 1.165) is 12.8 Å². The van der Waals surface area contributed by atoms with E-state index < -0.39 is 0 Å². The van der Waals surface area contributed by atoms with Crippen LogP contribution in [0.15, 0.2) is 24.3 Å². The van der Waals surface area contributed by atoms with Gasteiger partial charge in [0, 0.05) is 18.2 Å². The highest BCUT2D eigenvalue weighted by atomic mass is 16.5. The third kappa shape index (κ3) is 4.55. The van der Waals surface area contributed by atoms with E-state index in [0.29, 0.717) is 17.4 Å². The topological polar surface area (TPSA) is 87.7 Å². The lowest BCUT2D eigenvalue weighted by Gasteiger charge is -2.08. The van der Waals surface area contributed by atoms with Gasteiger partial charge in [-0.05, 0) is 31.0 Å². The standard InChI is InChI=1S/C14H18N2O4/c17-7-6-15-14(19)10-2-1-3-12(8-10)20-9-13(18)16-11-4-5-11/h1-3,8,11,17H,4-7,9H2,(H,15,19)(H,16,18). The molecule has 1 saturated carbocycles. The smallest absolute Gasteiger partial charge is 0.258 e. The Morgan fingerprint density at radius 1 is 1.35 bits per heavy atom. The number of carbonyl (C=O) groups is 2. The molecule has 1 aromatic carbocycles. The van der Waals surface area contributed by atoms with Gasteiger partial charge in [-0.2, -0.15) is 0 Å². The van der Waals surface area contributed by atoms with Crippen molar-refractivity contribution in [1.29, 1.82) is 0 Å². The van der Waals surface area contributed by atoms with Crippen LogP contribution in [-0.2, 0) is 4.79 Å². The number of carbonyl (C=O) groups excluding carboxylic acids is 2. The molecule has 2 rings (SSSR count). The third-order valence-corrected chi connectivity index (χ3v) is 2.81. The Balaban J connectivity index is 1.84. The summed E-state index contributed by atoms with van der Waals surface area (Å²) < 4.78 is 5.35. The van der Waals surface area contributed by atoms with Crippen molar-refractivity contribution in [3.8, 4) is 5.75 Å². The van der Waals surface area contributed by atoms with Gasteiger partial charge in [0.25, 0.3) is 11.8 Å². The Bertz CT molecular complexity index is 486. The third-order valence-electron chi connectivity index (χ3n) is 2.81. The Morgan fingerprint density at radius 2 is 2.15 bits per heavy atom. The molecule has 6 heteroatoms. The molecule has 20 heavy (non-hydrogen) atoms. The molecule has 0 aliphatic heterocycles. The van der Waals surface area contributed by atoms with Crippen molar-refractivity contribution >= 4 is 11.8 Å². The Hall–Kier alpha value is -2.08. The number of nitrogens with one attached hydrogen (secondary N) is 2. The van der Waals surface area contributed by atoms with E-state index in [1.54, 1.807) is 24.3 Å². The van der Waals surface area contributed by atoms with Gasteiger partial charge in [0.2, 0.25) is 0 Å². The van der Waals surface area contributed by atoms with Crippen LogP contribution in [-0.4, -0.2) is 42.7 Å². The zero-order valence-corrected chi connectivity index (χ0v) is 11.1. The number of ether oxygens (including phenoxy) is 1. The van der Waals surface area contributed by atoms with Crippen molar-refractivity contribution in [2.75, 3.05) is 19.8 Å². The van der Waals surface area contributed by atoms with E-state index in [4.69, 9.17) is 9.84 Å². The summed E-state index contributed by atoms with van der Waals surface area (Å²) in [5.41, 5.74) is 0.429. The molecule has 0 radical (unpaired) electrons. The van der Waals surface area contributed by atoms with Gasteiger partial charge in [0.1, 0.15) is 5.75 Å². The molecule has 2 amide bonds. The quantitative estimate of drug-likeness (QED) is 0.658. The molecule has 0 bridgehead atoms. The molecule has 0 saturated heterocycles.